The highest BCUT2D eigenvalue weighted by molar-refractivity contribution is 7.90. The van der Waals surface area contributed by atoms with E-state index in [1.807, 2.05) is 6.07 Å². The predicted molar refractivity (Wildman–Crippen MR) is 97.5 cm³/mol. The topological polar surface area (TPSA) is 71.0 Å². The summed E-state index contributed by atoms with van der Waals surface area (Å²) in [6, 6.07) is 6.91. The number of fused-ring (bicyclic) bond motifs is 1. The molecule has 0 spiro atoms. The molecule has 1 aliphatic carbocycles. The second-order valence-electron chi connectivity index (χ2n) is 7.15. The van der Waals surface area contributed by atoms with Crippen LogP contribution in [0, 0.1) is 0 Å². The van der Waals surface area contributed by atoms with Crippen LogP contribution in [0.1, 0.15) is 38.5 Å². The third kappa shape index (κ3) is 3.88. The molecule has 7 heteroatoms. The Morgan fingerprint density at radius 2 is 1.76 bits per heavy atom. The van der Waals surface area contributed by atoms with Crippen LogP contribution in [0.5, 0.6) is 0 Å². The van der Waals surface area contributed by atoms with Crippen LogP contribution >= 0.6 is 0 Å². The minimum atomic E-state index is -3.59. The first-order valence-electron chi connectivity index (χ1n) is 9.18. The van der Waals surface area contributed by atoms with Gasteiger partial charge in [-0.05, 0) is 37.8 Å². The van der Waals surface area contributed by atoms with E-state index in [0.29, 0.717) is 30.3 Å². The molecule has 0 radical (unpaired) electrons. The third-order valence-corrected chi connectivity index (χ3v) is 6.64. The summed E-state index contributed by atoms with van der Waals surface area (Å²) >= 11 is 0. The quantitative estimate of drug-likeness (QED) is 0.890. The summed E-state index contributed by atoms with van der Waals surface area (Å²) in [5.41, 5.74) is 0.618. The summed E-state index contributed by atoms with van der Waals surface area (Å²) in [5, 5.41) is 3.17. The molecule has 2 aliphatic heterocycles. The van der Waals surface area contributed by atoms with Gasteiger partial charge in [0, 0.05) is 13.1 Å². The molecule has 0 bridgehead atoms. The van der Waals surface area contributed by atoms with E-state index in [1.54, 1.807) is 18.2 Å². The number of nitrogens with one attached hydrogen (secondary N) is 1. The lowest BCUT2D eigenvalue weighted by molar-refractivity contribution is -0.0371. The number of nitrogens with zero attached hydrogens (tertiary/aromatic N) is 2. The lowest BCUT2D eigenvalue weighted by atomic mass is 10.1. The molecular formula is C18H25N3O3S. The number of anilines is 1. The summed E-state index contributed by atoms with van der Waals surface area (Å²) in [5.74, 6) is 0.508. The van der Waals surface area contributed by atoms with Crippen molar-refractivity contribution in [3.8, 4) is 0 Å². The normalized spacial score (nSPS) is 24.6. The van der Waals surface area contributed by atoms with Crippen LogP contribution in [0.25, 0.3) is 0 Å². The van der Waals surface area contributed by atoms with Gasteiger partial charge in [0.25, 0.3) is 10.0 Å². The Morgan fingerprint density at radius 1 is 1.08 bits per heavy atom. The molecule has 1 N–H and O–H groups in total. The zero-order valence-electron chi connectivity index (χ0n) is 14.4. The first-order valence-corrected chi connectivity index (χ1v) is 10.6. The predicted octanol–water partition coefficient (Wildman–Crippen LogP) is 2.62. The molecule has 6 nitrogen and oxygen atoms in total. The van der Waals surface area contributed by atoms with E-state index >= 15 is 0 Å². The number of likely N-dealkylation sites (tertiary alicyclic amines) is 1. The fourth-order valence-corrected chi connectivity index (χ4v) is 5.09. The van der Waals surface area contributed by atoms with Gasteiger partial charge in [-0.2, -0.15) is 8.42 Å². The lowest BCUT2D eigenvalue weighted by Crippen LogP contribution is -2.42. The molecular weight excluding hydrogens is 338 g/mol. The number of hydrogen-bond acceptors (Lipinski definition) is 5. The van der Waals surface area contributed by atoms with E-state index < -0.39 is 10.0 Å². The fourth-order valence-electron chi connectivity index (χ4n) is 3.95. The SMILES string of the molecule is O=S1(=O)N=C(CN2CCC(OC3CCCC3)CC2)Nc2ccccc21. The van der Waals surface area contributed by atoms with Crippen LogP contribution in [-0.2, 0) is 14.8 Å². The maximum Gasteiger partial charge on any atom is 0.286 e. The number of ether oxygens (including phenoxy) is 1. The van der Waals surface area contributed by atoms with Crippen LogP contribution in [-0.4, -0.2) is 51.0 Å². The Kier molecular flexibility index (Phi) is 4.80. The zero-order valence-corrected chi connectivity index (χ0v) is 15.2. The standard InChI is InChI=1S/C18H25N3O3S/c22-25(23)17-8-4-3-7-16(17)19-18(20-25)13-21-11-9-15(10-12-21)24-14-5-1-2-6-14/h3-4,7-8,14-15H,1-2,5-6,9-13H2,(H,19,20). The van der Waals surface area contributed by atoms with E-state index in [9.17, 15) is 8.42 Å². The molecule has 1 aromatic carbocycles. The molecule has 0 unspecified atom stereocenters. The molecule has 4 rings (SSSR count). The zero-order chi connectivity index (χ0) is 17.3. The minimum Gasteiger partial charge on any atom is -0.375 e. The van der Waals surface area contributed by atoms with Crippen molar-refractivity contribution in [2.75, 3.05) is 25.0 Å². The summed E-state index contributed by atoms with van der Waals surface area (Å²) in [7, 11) is -3.59. The van der Waals surface area contributed by atoms with Crippen molar-refractivity contribution in [3.05, 3.63) is 24.3 Å². The molecule has 136 valence electrons. The average Bonchev–Trinajstić information content (AvgIpc) is 3.09. The van der Waals surface area contributed by atoms with Crippen LogP contribution in [0.3, 0.4) is 0 Å². The number of para-hydroxylation sites is 1. The first kappa shape index (κ1) is 17.0. The van der Waals surface area contributed by atoms with E-state index in [-0.39, 0.29) is 4.90 Å². The Hall–Kier alpha value is -1.44. The highest BCUT2D eigenvalue weighted by Gasteiger charge is 2.28. The van der Waals surface area contributed by atoms with Gasteiger partial charge in [0.1, 0.15) is 10.7 Å². The molecule has 2 heterocycles. The Bertz CT molecular complexity index is 749. The Labute approximate surface area is 149 Å². The van der Waals surface area contributed by atoms with Crippen LogP contribution < -0.4 is 5.32 Å². The van der Waals surface area contributed by atoms with Gasteiger partial charge in [-0.25, -0.2) is 0 Å². The monoisotopic (exact) mass is 363 g/mol. The lowest BCUT2D eigenvalue weighted by Gasteiger charge is -2.33. The van der Waals surface area contributed by atoms with Gasteiger partial charge < -0.3 is 10.1 Å². The van der Waals surface area contributed by atoms with E-state index in [1.165, 1.54) is 25.7 Å². The van der Waals surface area contributed by atoms with Gasteiger partial charge in [-0.15, -0.1) is 4.40 Å². The number of amidine groups is 1. The van der Waals surface area contributed by atoms with E-state index in [2.05, 4.69) is 14.6 Å². The average molecular weight is 363 g/mol. The molecule has 1 aromatic rings. The van der Waals surface area contributed by atoms with Gasteiger partial charge >= 0.3 is 0 Å². The minimum absolute atomic E-state index is 0.252. The smallest absolute Gasteiger partial charge is 0.286 e. The molecule has 2 fully saturated rings. The van der Waals surface area contributed by atoms with E-state index in [4.69, 9.17) is 4.74 Å². The molecule has 1 saturated heterocycles. The van der Waals surface area contributed by atoms with Crippen molar-refractivity contribution in [3.63, 3.8) is 0 Å². The van der Waals surface area contributed by atoms with Gasteiger partial charge in [0.15, 0.2) is 0 Å². The van der Waals surface area contributed by atoms with Crippen molar-refractivity contribution in [2.24, 2.45) is 4.40 Å². The Balaban J connectivity index is 1.34. The third-order valence-electron chi connectivity index (χ3n) is 5.27. The summed E-state index contributed by atoms with van der Waals surface area (Å²) in [6.07, 6.45) is 7.83. The second-order valence-corrected chi connectivity index (χ2v) is 8.72. The number of hydrogen-bond donors (Lipinski definition) is 1. The first-order chi connectivity index (χ1) is 12.1. The molecule has 1 saturated carbocycles. The van der Waals surface area contributed by atoms with Crippen molar-refractivity contribution in [1.82, 2.24) is 4.90 Å². The Morgan fingerprint density at radius 3 is 2.52 bits per heavy atom. The maximum absolute atomic E-state index is 12.3. The fraction of sp³-hybridized carbons (Fsp3) is 0.611. The van der Waals surface area contributed by atoms with Crippen LogP contribution in [0.15, 0.2) is 33.6 Å². The molecule has 0 atom stereocenters. The van der Waals surface area contributed by atoms with Crippen molar-refractivity contribution >= 4 is 21.5 Å². The summed E-state index contributed by atoms with van der Waals surface area (Å²) < 4.78 is 34.8. The summed E-state index contributed by atoms with van der Waals surface area (Å²) in [4.78, 5) is 2.51. The van der Waals surface area contributed by atoms with Gasteiger partial charge in [-0.3, -0.25) is 4.90 Å². The van der Waals surface area contributed by atoms with Gasteiger partial charge in [-0.1, -0.05) is 25.0 Å². The molecule has 0 amide bonds. The number of sulfonamides is 1. The number of rotatable bonds is 4. The number of benzene rings is 1. The summed E-state index contributed by atoms with van der Waals surface area (Å²) in [6.45, 7) is 2.36. The van der Waals surface area contributed by atoms with Crippen molar-refractivity contribution in [1.29, 1.82) is 0 Å². The highest BCUT2D eigenvalue weighted by Crippen LogP contribution is 2.28. The van der Waals surface area contributed by atoms with Gasteiger partial charge in [0.2, 0.25) is 0 Å². The highest BCUT2D eigenvalue weighted by atomic mass is 32.2. The van der Waals surface area contributed by atoms with Crippen molar-refractivity contribution < 1.29 is 13.2 Å². The second kappa shape index (κ2) is 7.05. The van der Waals surface area contributed by atoms with Crippen LogP contribution in [0.4, 0.5) is 5.69 Å². The number of piperidine rings is 1. The van der Waals surface area contributed by atoms with Crippen molar-refractivity contribution in [2.45, 2.75) is 55.6 Å². The largest absolute Gasteiger partial charge is 0.375 e. The molecule has 25 heavy (non-hydrogen) atoms. The van der Waals surface area contributed by atoms with Crippen LogP contribution in [0.2, 0.25) is 0 Å². The molecule has 3 aliphatic rings. The van der Waals surface area contributed by atoms with Gasteiger partial charge in [0.05, 0.1) is 24.4 Å². The maximum atomic E-state index is 12.3. The molecule has 0 aromatic heterocycles. The van der Waals surface area contributed by atoms with E-state index in [0.717, 1.165) is 25.9 Å².